The zero-order chi connectivity index (χ0) is 15.1. The number of hydrogen-bond donors (Lipinski definition) is 2. The average Bonchev–Trinajstić information content (AvgIpc) is 2.55. The van der Waals surface area contributed by atoms with Crippen molar-refractivity contribution in [2.24, 2.45) is 0 Å². The lowest BCUT2D eigenvalue weighted by Gasteiger charge is -2.44. The Hall–Kier alpha value is -1.82. The Morgan fingerprint density at radius 1 is 0.909 bits per heavy atom. The second kappa shape index (κ2) is 5.43. The molecule has 0 radical (unpaired) electrons. The monoisotopic (exact) mass is 295 g/mol. The van der Waals surface area contributed by atoms with Crippen molar-refractivity contribution >= 4 is 29.6 Å². The van der Waals surface area contributed by atoms with E-state index in [1.54, 1.807) is 0 Å². The Balaban J connectivity index is 1.84. The highest BCUT2D eigenvalue weighted by Crippen LogP contribution is 2.31. The molecule has 1 fully saturated rings. The maximum absolute atomic E-state index is 10.5. The quantitative estimate of drug-likeness (QED) is 0.706. The molecule has 1 saturated heterocycles. The molecule has 5 heteroatoms. The van der Waals surface area contributed by atoms with Crippen molar-refractivity contribution in [3.8, 4) is 0 Å². The highest BCUT2D eigenvalue weighted by molar-refractivity contribution is 6.71. The maximum atomic E-state index is 10.5. The first-order valence-corrected chi connectivity index (χ1v) is 7.64. The van der Waals surface area contributed by atoms with Gasteiger partial charge in [-0.2, -0.15) is 0 Å². The molecule has 4 nitrogen and oxygen atoms in total. The van der Waals surface area contributed by atoms with Crippen molar-refractivity contribution in [2.75, 3.05) is 18.1 Å². The summed E-state index contributed by atoms with van der Waals surface area (Å²) in [5.41, 5.74) is 4.63. The molecule has 2 aromatic carbocycles. The summed E-state index contributed by atoms with van der Waals surface area (Å²) in [6.07, 6.45) is -1.67. The van der Waals surface area contributed by atoms with Gasteiger partial charge in [0.1, 0.15) is 12.2 Å². The molecule has 0 aromatic heterocycles. The molecule has 0 amide bonds. The molecule has 2 aromatic rings. The SMILES string of the molecule is OC1COCC(N2c3ccccc3Bc3ccccc32)C1O. The van der Waals surface area contributed by atoms with Crippen LogP contribution in [-0.2, 0) is 4.74 Å². The topological polar surface area (TPSA) is 52.9 Å². The van der Waals surface area contributed by atoms with Crippen molar-refractivity contribution in [3.05, 3.63) is 48.5 Å². The van der Waals surface area contributed by atoms with Crippen LogP contribution in [0.5, 0.6) is 0 Å². The molecule has 22 heavy (non-hydrogen) atoms. The lowest BCUT2D eigenvalue weighted by atomic mass is 9.60. The third kappa shape index (κ3) is 2.13. The standard InChI is InChI=1S/C17H18BNO3/c20-16-10-22-9-15(17(16)21)19-13-7-3-1-5-11(13)18-12-6-2-4-8-14(12)19/h1-8,15-18,20-21H,9-10H2. The summed E-state index contributed by atoms with van der Waals surface area (Å²) >= 11 is 0. The smallest absolute Gasteiger partial charge is 0.197 e. The van der Waals surface area contributed by atoms with E-state index in [4.69, 9.17) is 4.74 Å². The van der Waals surface area contributed by atoms with Gasteiger partial charge in [-0.25, -0.2) is 0 Å². The van der Waals surface area contributed by atoms with E-state index in [0.29, 0.717) is 6.61 Å². The van der Waals surface area contributed by atoms with Crippen LogP contribution < -0.4 is 15.8 Å². The van der Waals surface area contributed by atoms with Gasteiger partial charge < -0.3 is 19.8 Å². The summed E-state index contributed by atoms with van der Waals surface area (Å²) in [6.45, 7) is 0.593. The van der Waals surface area contributed by atoms with Gasteiger partial charge in [-0.3, -0.25) is 0 Å². The molecule has 2 aliphatic rings. The third-order valence-corrected chi connectivity index (χ3v) is 4.58. The van der Waals surface area contributed by atoms with E-state index in [1.165, 1.54) is 10.9 Å². The van der Waals surface area contributed by atoms with Gasteiger partial charge in [-0.05, 0) is 12.1 Å². The first-order chi connectivity index (χ1) is 10.8. The molecule has 0 bridgehead atoms. The molecular formula is C17H18BNO3. The van der Waals surface area contributed by atoms with Crippen molar-refractivity contribution in [2.45, 2.75) is 18.2 Å². The zero-order valence-corrected chi connectivity index (χ0v) is 12.2. The maximum Gasteiger partial charge on any atom is 0.197 e. The molecule has 3 atom stereocenters. The van der Waals surface area contributed by atoms with Crippen LogP contribution in [0.1, 0.15) is 0 Å². The van der Waals surface area contributed by atoms with Crippen LogP contribution >= 0.6 is 0 Å². The Bertz CT molecular complexity index is 648. The lowest BCUT2D eigenvalue weighted by molar-refractivity contribution is -0.0962. The predicted octanol–water partition coefficient (Wildman–Crippen LogP) is -0.354. The van der Waals surface area contributed by atoms with Crippen LogP contribution in [0.2, 0.25) is 0 Å². The Morgan fingerprint density at radius 2 is 1.50 bits per heavy atom. The molecule has 3 unspecified atom stereocenters. The number of aliphatic hydroxyl groups is 2. The van der Waals surface area contributed by atoms with Gasteiger partial charge in [0.15, 0.2) is 7.28 Å². The summed E-state index contributed by atoms with van der Waals surface area (Å²) in [7, 11) is 0.884. The van der Waals surface area contributed by atoms with Crippen molar-refractivity contribution in [1.29, 1.82) is 0 Å². The first-order valence-electron chi connectivity index (χ1n) is 7.64. The molecule has 0 spiro atoms. The van der Waals surface area contributed by atoms with Gasteiger partial charge in [0.2, 0.25) is 0 Å². The fraction of sp³-hybridized carbons (Fsp3) is 0.294. The number of para-hydroxylation sites is 2. The molecule has 112 valence electrons. The van der Waals surface area contributed by atoms with E-state index in [9.17, 15) is 10.2 Å². The summed E-state index contributed by atoms with van der Waals surface area (Å²) < 4.78 is 5.50. The molecule has 0 saturated carbocycles. The third-order valence-electron chi connectivity index (χ3n) is 4.58. The van der Waals surface area contributed by atoms with Crippen molar-refractivity contribution in [1.82, 2.24) is 0 Å². The number of rotatable bonds is 1. The van der Waals surface area contributed by atoms with Gasteiger partial charge in [0, 0.05) is 11.4 Å². The highest BCUT2D eigenvalue weighted by atomic mass is 16.5. The van der Waals surface area contributed by atoms with E-state index in [0.717, 1.165) is 18.7 Å². The Labute approximate surface area is 130 Å². The number of benzene rings is 2. The van der Waals surface area contributed by atoms with Gasteiger partial charge in [0.05, 0.1) is 19.3 Å². The van der Waals surface area contributed by atoms with E-state index < -0.39 is 12.2 Å². The summed E-state index contributed by atoms with van der Waals surface area (Å²) in [6, 6.07) is 16.2. The van der Waals surface area contributed by atoms with Gasteiger partial charge in [-0.15, -0.1) is 0 Å². The van der Waals surface area contributed by atoms with E-state index in [1.807, 2.05) is 24.3 Å². The summed E-state index contributed by atoms with van der Waals surface area (Å²) in [5.74, 6) is 0. The minimum absolute atomic E-state index is 0.189. The molecule has 2 N–H and O–H groups in total. The number of nitrogens with zero attached hydrogens (tertiary/aromatic N) is 1. The number of fused-ring (bicyclic) bond motifs is 2. The number of hydrogen-bond acceptors (Lipinski definition) is 4. The number of ether oxygens (including phenoxy) is 1. The van der Waals surface area contributed by atoms with Crippen LogP contribution in [0.25, 0.3) is 0 Å². The summed E-state index contributed by atoms with van der Waals surface area (Å²) in [5, 5.41) is 20.4. The van der Waals surface area contributed by atoms with Crippen LogP contribution in [0.3, 0.4) is 0 Å². The fourth-order valence-corrected chi connectivity index (χ4v) is 3.47. The normalized spacial score (nSPS) is 26.8. The molecule has 4 rings (SSSR count). The Morgan fingerprint density at radius 3 is 2.14 bits per heavy atom. The molecule has 2 heterocycles. The zero-order valence-electron chi connectivity index (χ0n) is 12.2. The van der Waals surface area contributed by atoms with Gasteiger partial charge in [-0.1, -0.05) is 47.3 Å². The minimum Gasteiger partial charge on any atom is -0.388 e. The fourth-order valence-electron chi connectivity index (χ4n) is 3.47. The van der Waals surface area contributed by atoms with Crippen molar-refractivity contribution < 1.29 is 14.9 Å². The van der Waals surface area contributed by atoms with Crippen molar-refractivity contribution in [3.63, 3.8) is 0 Å². The van der Waals surface area contributed by atoms with Gasteiger partial charge >= 0.3 is 0 Å². The number of aliphatic hydroxyl groups excluding tert-OH is 2. The van der Waals surface area contributed by atoms with E-state index in [2.05, 4.69) is 29.2 Å². The first kappa shape index (κ1) is 13.8. The van der Waals surface area contributed by atoms with E-state index in [-0.39, 0.29) is 12.6 Å². The second-order valence-corrected chi connectivity index (χ2v) is 5.97. The minimum atomic E-state index is -0.847. The van der Waals surface area contributed by atoms with Crippen LogP contribution in [-0.4, -0.2) is 49.0 Å². The van der Waals surface area contributed by atoms with E-state index >= 15 is 0 Å². The molecule has 0 aliphatic carbocycles. The highest BCUT2D eigenvalue weighted by Gasteiger charge is 2.38. The Kier molecular flexibility index (Phi) is 3.41. The largest absolute Gasteiger partial charge is 0.388 e. The van der Waals surface area contributed by atoms with Crippen LogP contribution in [0, 0.1) is 0 Å². The molecule has 2 aliphatic heterocycles. The van der Waals surface area contributed by atoms with Crippen LogP contribution in [0.15, 0.2) is 48.5 Å². The molecular weight excluding hydrogens is 277 g/mol. The lowest BCUT2D eigenvalue weighted by Crippen LogP contribution is -2.58. The predicted molar refractivity (Wildman–Crippen MR) is 88.1 cm³/mol. The van der Waals surface area contributed by atoms with Crippen LogP contribution in [0.4, 0.5) is 11.4 Å². The van der Waals surface area contributed by atoms with Gasteiger partial charge in [0.25, 0.3) is 0 Å². The summed E-state index contributed by atoms with van der Waals surface area (Å²) in [4.78, 5) is 2.13. The second-order valence-electron chi connectivity index (χ2n) is 5.97. The number of anilines is 2. The average molecular weight is 295 g/mol.